The molecule has 2 aliphatic rings. The molecule has 0 aromatic heterocycles. The van der Waals surface area contributed by atoms with Gasteiger partial charge in [0.05, 0.1) is 18.8 Å². The number of hydrogen-bond donors (Lipinski definition) is 1. The van der Waals surface area contributed by atoms with Crippen molar-refractivity contribution in [1.82, 2.24) is 0 Å². The van der Waals surface area contributed by atoms with Gasteiger partial charge in [-0.25, -0.2) is 0 Å². The van der Waals surface area contributed by atoms with Crippen LogP contribution in [0.5, 0.6) is 0 Å². The first-order chi connectivity index (χ1) is 12.8. The zero-order valence-corrected chi connectivity index (χ0v) is 15.3. The first-order valence-electron chi connectivity index (χ1n) is 9.81. The van der Waals surface area contributed by atoms with E-state index in [2.05, 4.69) is 36.4 Å². The second-order valence-corrected chi connectivity index (χ2v) is 7.68. The molecule has 4 rings (SSSR count). The number of aliphatic hydroxyl groups excluding tert-OH is 1. The van der Waals surface area contributed by atoms with E-state index in [1.807, 2.05) is 24.3 Å². The van der Waals surface area contributed by atoms with Gasteiger partial charge in [0.15, 0.2) is 5.79 Å². The molecule has 26 heavy (non-hydrogen) atoms. The monoisotopic (exact) mass is 352 g/mol. The fourth-order valence-corrected chi connectivity index (χ4v) is 4.54. The molecular formula is C23H28O3. The summed E-state index contributed by atoms with van der Waals surface area (Å²) in [4.78, 5) is 0. The van der Waals surface area contributed by atoms with Crippen LogP contribution < -0.4 is 0 Å². The highest BCUT2D eigenvalue weighted by Gasteiger charge is 2.53. The molecule has 3 atom stereocenters. The third-order valence-corrected chi connectivity index (χ3v) is 6.10. The van der Waals surface area contributed by atoms with E-state index >= 15 is 0 Å². The Bertz CT molecular complexity index is 702. The molecule has 1 saturated heterocycles. The van der Waals surface area contributed by atoms with Gasteiger partial charge in [0.2, 0.25) is 0 Å². The molecule has 0 radical (unpaired) electrons. The molecular weight excluding hydrogens is 324 g/mol. The molecule has 1 unspecified atom stereocenters. The fraction of sp³-hybridized carbons (Fsp3) is 0.478. The molecule has 3 heteroatoms. The molecule has 0 bridgehead atoms. The molecule has 1 aliphatic carbocycles. The van der Waals surface area contributed by atoms with Gasteiger partial charge >= 0.3 is 0 Å². The van der Waals surface area contributed by atoms with E-state index in [0.717, 1.165) is 37.7 Å². The van der Waals surface area contributed by atoms with Crippen LogP contribution in [0.2, 0.25) is 0 Å². The lowest BCUT2D eigenvalue weighted by molar-refractivity contribution is -0.371. The van der Waals surface area contributed by atoms with Gasteiger partial charge in [-0.1, -0.05) is 73.5 Å². The van der Waals surface area contributed by atoms with E-state index in [-0.39, 0.29) is 12.5 Å². The maximum absolute atomic E-state index is 10.3. The minimum absolute atomic E-state index is 0.0704. The maximum atomic E-state index is 10.3. The van der Waals surface area contributed by atoms with Crippen LogP contribution in [0, 0.1) is 5.92 Å². The molecule has 2 fully saturated rings. The Balaban J connectivity index is 1.65. The van der Waals surface area contributed by atoms with Crippen LogP contribution in [0.25, 0.3) is 0 Å². The Labute approximate surface area is 156 Å². The molecule has 1 N–H and O–H groups in total. The Kier molecular flexibility index (Phi) is 5.12. The van der Waals surface area contributed by atoms with Crippen molar-refractivity contribution in [3.63, 3.8) is 0 Å². The topological polar surface area (TPSA) is 38.7 Å². The van der Waals surface area contributed by atoms with Gasteiger partial charge in [0, 0.05) is 17.9 Å². The van der Waals surface area contributed by atoms with Crippen molar-refractivity contribution in [3.05, 3.63) is 71.8 Å². The van der Waals surface area contributed by atoms with Crippen LogP contribution >= 0.6 is 0 Å². The van der Waals surface area contributed by atoms with Crippen molar-refractivity contribution in [3.8, 4) is 0 Å². The summed E-state index contributed by atoms with van der Waals surface area (Å²) >= 11 is 0. The van der Waals surface area contributed by atoms with Crippen LogP contribution in [0.4, 0.5) is 0 Å². The van der Waals surface area contributed by atoms with Crippen molar-refractivity contribution in [2.75, 3.05) is 13.2 Å². The summed E-state index contributed by atoms with van der Waals surface area (Å²) in [6, 6.07) is 20.7. The Morgan fingerprint density at radius 3 is 2.42 bits per heavy atom. The fourth-order valence-electron chi connectivity index (χ4n) is 4.54. The highest BCUT2D eigenvalue weighted by molar-refractivity contribution is 5.23. The highest BCUT2D eigenvalue weighted by atomic mass is 16.7. The van der Waals surface area contributed by atoms with Gasteiger partial charge < -0.3 is 14.6 Å². The van der Waals surface area contributed by atoms with Crippen molar-refractivity contribution in [2.24, 2.45) is 5.92 Å². The van der Waals surface area contributed by atoms with Gasteiger partial charge in [0.1, 0.15) is 0 Å². The van der Waals surface area contributed by atoms with Crippen LogP contribution in [0.15, 0.2) is 60.7 Å². The van der Waals surface area contributed by atoms with E-state index in [0.29, 0.717) is 6.61 Å². The average molecular weight is 352 g/mol. The Morgan fingerprint density at radius 2 is 1.69 bits per heavy atom. The van der Waals surface area contributed by atoms with Crippen molar-refractivity contribution < 1.29 is 14.6 Å². The van der Waals surface area contributed by atoms with Gasteiger partial charge in [-0.15, -0.1) is 0 Å². The molecule has 138 valence electrons. The third-order valence-electron chi connectivity index (χ3n) is 6.10. The summed E-state index contributed by atoms with van der Waals surface area (Å²) in [5.41, 5.74) is 1.86. The summed E-state index contributed by atoms with van der Waals surface area (Å²) in [5.74, 6) is -0.497. The van der Waals surface area contributed by atoms with E-state index in [1.54, 1.807) is 0 Å². The van der Waals surface area contributed by atoms with Gasteiger partial charge in [-0.2, -0.15) is 0 Å². The SMILES string of the molecule is OC[C@@]12CCCCC1CO[C@@](CCc1ccccc1)(c1ccccc1)O2. The number of hydrogen-bond acceptors (Lipinski definition) is 3. The molecule has 3 nitrogen and oxygen atoms in total. The van der Waals surface area contributed by atoms with Crippen molar-refractivity contribution in [2.45, 2.75) is 49.9 Å². The lowest BCUT2D eigenvalue weighted by Gasteiger charge is -2.53. The first-order valence-corrected chi connectivity index (χ1v) is 9.81. The quantitative estimate of drug-likeness (QED) is 0.864. The minimum atomic E-state index is -0.784. The van der Waals surface area contributed by atoms with Crippen molar-refractivity contribution in [1.29, 1.82) is 0 Å². The Hall–Kier alpha value is -1.68. The number of ether oxygens (including phenoxy) is 2. The summed E-state index contributed by atoms with van der Waals surface area (Å²) in [6.07, 6.45) is 5.92. The van der Waals surface area contributed by atoms with E-state index in [4.69, 9.17) is 9.47 Å². The summed E-state index contributed by atoms with van der Waals surface area (Å²) in [5, 5.41) is 10.3. The number of aryl methyl sites for hydroxylation is 1. The standard InChI is InChI=1S/C23H28O3/c24-18-22-15-8-7-13-21(22)17-25-23(26-22,20-11-5-2-6-12-20)16-14-19-9-3-1-4-10-19/h1-6,9-12,21,24H,7-8,13-18H2/t21?,22-,23+/m0/s1. The maximum Gasteiger partial charge on any atom is 0.195 e. The smallest absolute Gasteiger partial charge is 0.195 e. The molecule has 0 spiro atoms. The van der Waals surface area contributed by atoms with Gasteiger partial charge in [0.25, 0.3) is 0 Å². The molecule has 0 amide bonds. The molecule has 1 aliphatic heterocycles. The van der Waals surface area contributed by atoms with E-state index in [9.17, 15) is 5.11 Å². The van der Waals surface area contributed by atoms with Crippen LogP contribution in [-0.4, -0.2) is 23.9 Å². The normalized spacial score (nSPS) is 31.3. The lowest BCUT2D eigenvalue weighted by atomic mass is 9.74. The average Bonchev–Trinajstić information content (AvgIpc) is 2.73. The molecule has 1 heterocycles. The summed E-state index contributed by atoms with van der Waals surface area (Å²) < 4.78 is 13.2. The van der Waals surface area contributed by atoms with Crippen LogP contribution in [0.3, 0.4) is 0 Å². The predicted octanol–water partition coefficient (Wildman–Crippen LogP) is 4.44. The van der Waals surface area contributed by atoms with Crippen molar-refractivity contribution >= 4 is 0 Å². The van der Waals surface area contributed by atoms with Gasteiger partial charge in [-0.05, 0) is 24.8 Å². The zero-order valence-electron chi connectivity index (χ0n) is 15.3. The minimum Gasteiger partial charge on any atom is -0.393 e. The van der Waals surface area contributed by atoms with Gasteiger partial charge in [-0.3, -0.25) is 0 Å². The second-order valence-electron chi connectivity index (χ2n) is 7.68. The highest BCUT2D eigenvalue weighted by Crippen LogP contribution is 2.49. The zero-order chi connectivity index (χ0) is 17.9. The number of aliphatic hydroxyl groups is 1. The third kappa shape index (κ3) is 3.32. The van der Waals surface area contributed by atoms with Crippen LogP contribution in [0.1, 0.15) is 43.2 Å². The lowest BCUT2D eigenvalue weighted by Crippen LogP contribution is -2.59. The molecule has 2 aromatic rings. The summed E-state index contributed by atoms with van der Waals surface area (Å²) in [7, 11) is 0. The summed E-state index contributed by atoms with van der Waals surface area (Å²) in [6.45, 7) is 0.727. The van der Waals surface area contributed by atoms with Crippen LogP contribution in [-0.2, 0) is 21.7 Å². The largest absolute Gasteiger partial charge is 0.393 e. The Morgan fingerprint density at radius 1 is 0.962 bits per heavy atom. The first kappa shape index (κ1) is 17.7. The number of fused-ring (bicyclic) bond motifs is 1. The van der Waals surface area contributed by atoms with E-state index < -0.39 is 11.4 Å². The predicted molar refractivity (Wildman–Crippen MR) is 102 cm³/mol. The number of rotatable bonds is 5. The molecule has 1 saturated carbocycles. The van der Waals surface area contributed by atoms with E-state index in [1.165, 1.54) is 12.0 Å². The molecule has 2 aromatic carbocycles. The second kappa shape index (κ2) is 7.51. The number of benzene rings is 2.